The number of aliphatic imine (C=N–C) groups is 1. The molecule has 1 atom stereocenters. The van der Waals surface area contributed by atoms with Crippen molar-refractivity contribution in [2.75, 3.05) is 54.0 Å². The van der Waals surface area contributed by atoms with Gasteiger partial charge < -0.3 is 19.7 Å². The summed E-state index contributed by atoms with van der Waals surface area (Å²) >= 11 is 0. The minimum Gasteiger partial charge on any atom is -0.493 e. The average molecular weight is 514 g/mol. The van der Waals surface area contributed by atoms with E-state index in [1.54, 1.807) is 14.2 Å². The second-order valence-electron chi connectivity index (χ2n) is 8.17. The molecule has 1 aromatic rings. The summed E-state index contributed by atoms with van der Waals surface area (Å²) in [6.45, 7) is 9.51. The van der Waals surface area contributed by atoms with E-state index in [1.165, 1.54) is 12.0 Å². The highest BCUT2D eigenvalue weighted by atomic mass is 127. The van der Waals surface area contributed by atoms with Crippen molar-refractivity contribution in [2.24, 2.45) is 4.99 Å². The van der Waals surface area contributed by atoms with Crippen molar-refractivity contribution >= 4 is 29.9 Å². The molecular formula is C22H35IN4O2. The van der Waals surface area contributed by atoms with E-state index in [0.717, 1.165) is 50.2 Å². The van der Waals surface area contributed by atoms with E-state index < -0.39 is 0 Å². The van der Waals surface area contributed by atoms with Crippen molar-refractivity contribution in [3.05, 3.63) is 35.9 Å². The molecule has 1 N–H and O–H groups in total. The second-order valence-corrected chi connectivity index (χ2v) is 8.17. The lowest BCUT2D eigenvalue weighted by Crippen LogP contribution is -2.46. The zero-order valence-corrected chi connectivity index (χ0v) is 20.6. The van der Waals surface area contributed by atoms with E-state index in [0.29, 0.717) is 6.04 Å². The summed E-state index contributed by atoms with van der Waals surface area (Å²) in [5, 5.41) is 3.60. The summed E-state index contributed by atoms with van der Waals surface area (Å²) < 4.78 is 10.8. The van der Waals surface area contributed by atoms with Crippen LogP contribution in [0.25, 0.3) is 0 Å². The van der Waals surface area contributed by atoms with Crippen molar-refractivity contribution in [3.63, 3.8) is 0 Å². The Morgan fingerprint density at radius 3 is 2.48 bits per heavy atom. The first-order chi connectivity index (χ1) is 13.5. The molecule has 7 heteroatoms. The normalized spacial score (nSPS) is 20.0. The summed E-state index contributed by atoms with van der Waals surface area (Å²) in [5.74, 6) is 2.51. The Balaban J connectivity index is 0.00000300. The predicted octanol–water partition coefficient (Wildman–Crippen LogP) is 3.12. The van der Waals surface area contributed by atoms with Gasteiger partial charge in [0.1, 0.15) is 0 Å². The molecular weight excluding hydrogens is 479 g/mol. The lowest BCUT2D eigenvalue weighted by molar-refractivity contribution is 0.259. The van der Waals surface area contributed by atoms with E-state index in [9.17, 15) is 0 Å². The molecule has 2 aliphatic rings. The molecule has 0 radical (unpaired) electrons. The zero-order chi connectivity index (χ0) is 20.1. The van der Waals surface area contributed by atoms with Gasteiger partial charge in [0.2, 0.25) is 0 Å². The van der Waals surface area contributed by atoms with Gasteiger partial charge in [-0.3, -0.25) is 9.89 Å². The van der Waals surface area contributed by atoms with Crippen LogP contribution in [0, 0.1) is 0 Å². The zero-order valence-electron chi connectivity index (χ0n) is 18.3. The summed E-state index contributed by atoms with van der Waals surface area (Å²) in [4.78, 5) is 9.47. The van der Waals surface area contributed by atoms with Crippen molar-refractivity contribution in [2.45, 2.75) is 31.7 Å². The molecule has 162 valence electrons. The van der Waals surface area contributed by atoms with E-state index >= 15 is 0 Å². The Kier molecular flexibility index (Phi) is 8.63. The minimum absolute atomic E-state index is 0. The average Bonchev–Trinajstić information content (AvgIpc) is 3.39. The van der Waals surface area contributed by atoms with Gasteiger partial charge in [0.15, 0.2) is 17.5 Å². The van der Waals surface area contributed by atoms with Crippen molar-refractivity contribution in [3.8, 4) is 11.5 Å². The Morgan fingerprint density at radius 1 is 1.17 bits per heavy atom. The maximum atomic E-state index is 5.47. The Morgan fingerprint density at radius 2 is 1.86 bits per heavy atom. The maximum absolute atomic E-state index is 5.47. The van der Waals surface area contributed by atoms with Gasteiger partial charge in [-0.25, -0.2) is 0 Å². The molecule has 0 saturated carbocycles. The van der Waals surface area contributed by atoms with Crippen molar-refractivity contribution in [1.82, 2.24) is 15.1 Å². The number of ether oxygens (including phenoxy) is 2. The van der Waals surface area contributed by atoms with Gasteiger partial charge in [-0.15, -0.1) is 24.0 Å². The standard InChI is InChI=1S/C22H34N4O2.HI/c1-22(2,17-8-9-19(27-4)20(14-17)28-5)16-24-21(23-3)26-13-10-18(15-26)25-11-6-7-12-25;/h6-9,14,18H,10-13,15-16H2,1-5H3,(H,23,24);1H. The van der Waals surface area contributed by atoms with Gasteiger partial charge in [0.05, 0.1) is 14.2 Å². The number of hydrogen-bond acceptors (Lipinski definition) is 4. The van der Waals surface area contributed by atoms with Crippen molar-refractivity contribution in [1.29, 1.82) is 0 Å². The van der Waals surface area contributed by atoms with Gasteiger partial charge in [0.25, 0.3) is 0 Å². The highest BCUT2D eigenvalue weighted by molar-refractivity contribution is 14.0. The maximum Gasteiger partial charge on any atom is 0.193 e. The molecule has 6 nitrogen and oxygen atoms in total. The van der Waals surface area contributed by atoms with Crippen LogP contribution in [0.2, 0.25) is 0 Å². The topological polar surface area (TPSA) is 49.3 Å². The smallest absolute Gasteiger partial charge is 0.193 e. The largest absolute Gasteiger partial charge is 0.493 e. The number of nitrogens with zero attached hydrogens (tertiary/aromatic N) is 3. The molecule has 0 bridgehead atoms. The molecule has 1 saturated heterocycles. The second kappa shape index (κ2) is 10.5. The number of likely N-dealkylation sites (tertiary alicyclic amines) is 1. The number of benzene rings is 1. The summed E-state index contributed by atoms with van der Waals surface area (Å²) in [6, 6.07) is 6.76. The molecule has 0 amide bonds. The SMILES string of the molecule is CN=C(NCC(C)(C)c1ccc(OC)c(OC)c1)N1CCC(N2CC=CC2)C1.I. The molecule has 0 spiro atoms. The highest BCUT2D eigenvalue weighted by Crippen LogP contribution is 2.33. The predicted molar refractivity (Wildman–Crippen MR) is 130 cm³/mol. The first kappa shape index (κ1) is 23.8. The van der Waals surface area contributed by atoms with Gasteiger partial charge >= 0.3 is 0 Å². The van der Waals surface area contributed by atoms with Crippen LogP contribution in [0.5, 0.6) is 11.5 Å². The molecule has 0 aliphatic carbocycles. The van der Waals surface area contributed by atoms with Crippen LogP contribution in [0.1, 0.15) is 25.8 Å². The fourth-order valence-corrected chi connectivity index (χ4v) is 4.02. The van der Waals surface area contributed by atoms with Crippen LogP contribution in [0.15, 0.2) is 35.3 Å². The molecule has 0 aromatic heterocycles. The Bertz CT molecular complexity index is 728. The fourth-order valence-electron chi connectivity index (χ4n) is 4.02. The summed E-state index contributed by atoms with van der Waals surface area (Å²) in [6.07, 6.45) is 5.73. The van der Waals surface area contributed by atoms with Crippen LogP contribution in [-0.4, -0.2) is 75.8 Å². The quantitative estimate of drug-likeness (QED) is 0.274. The molecule has 3 rings (SSSR count). The van der Waals surface area contributed by atoms with Crippen LogP contribution in [-0.2, 0) is 5.41 Å². The highest BCUT2D eigenvalue weighted by Gasteiger charge is 2.30. The number of methoxy groups -OCH3 is 2. The number of halogens is 1. The number of rotatable bonds is 6. The first-order valence-electron chi connectivity index (χ1n) is 10.1. The third-order valence-electron chi connectivity index (χ3n) is 5.89. The molecule has 1 aromatic carbocycles. The molecule has 29 heavy (non-hydrogen) atoms. The third kappa shape index (κ3) is 5.57. The lowest BCUT2D eigenvalue weighted by atomic mass is 9.84. The van der Waals surface area contributed by atoms with Crippen LogP contribution in [0.4, 0.5) is 0 Å². The Labute approximate surface area is 192 Å². The van der Waals surface area contributed by atoms with Crippen LogP contribution in [0.3, 0.4) is 0 Å². The summed E-state index contributed by atoms with van der Waals surface area (Å²) in [7, 11) is 5.21. The monoisotopic (exact) mass is 514 g/mol. The van der Waals surface area contributed by atoms with Gasteiger partial charge in [-0.05, 0) is 24.1 Å². The first-order valence-corrected chi connectivity index (χ1v) is 10.1. The van der Waals surface area contributed by atoms with Crippen molar-refractivity contribution < 1.29 is 9.47 Å². The Hall–Kier alpha value is -1.48. The fraction of sp³-hybridized carbons (Fsp3) is 0.591. The number of nitrogens with one attached hydrogen (secondary N) is 1. The summed E-state index contributed by atoms with van der Waals surface area (Å²) in [5.41, 5.74) is 1.13. The van der Waals surface area contributed by atoms with E-state index in [2.05, 4.69) is 58.2 Å². The number of hydrogen-bond donors (Lipinski definition) is 1. The van der Waals surface area contributed by atoms with Gasteiger partial charge in [-0.1, -0.05) is 32.1 Å². The van der Waals surface area contributed by atoms with E-state index in [-0.39, 0.29) is 29.4 Å². The van der Waals surface area contributed by atoms with E-state index in [1.807, 2.05) is 13.1 Å². The molecule has 2 heterocycles. The molecule has 1 unspecified atom stereocenters. The molecule has 1 fully saturated rings. The third-order valence-corrected chi connectivity index (χ3v) is 5.89. The van der Waals surface area contributed by atoms with Crippen LogP contribution < -0.4 is 14.8 Å². The van der Waals surface area contributed by atoms with Crippen LogP contribution >= 0.6 is 24.0 Å². The minimum atomic E-state index is -0.0759. The van der Waals surface area contributed by atoms with E-state index in [4.69, 9.17) is 9.47 Å². The number of guanidine groups is 1. The molecule has 2 aliphatic heterocycles. The van der Waals surface area contributed by atoms with Gasteiger partial charge in [0, 0.05) is 51.2 Å². The van der Waals surface area contributed by atoms with Gasteiger partial charge in [-0.2, -0.15) is 0 Å². The lowest BCUT2D eigenvalue weighted by Gasteiger charge is -2.30.